The number of rotatable bonds is 7. The van der Waals surface area contributed by atoms with Crippen LogP contribution in [0.25, 0.3) is 0 Å². The van der Waals surface area contributed by atoms with Gasteiger partial charge in [-0.05, 0) is 51.5 Å². The molecule has 134 valence electrons. The summed E-state index contributed by atoms with van der Waals surface area (Å²) in [7, 11) is 0. The number of hydrogen-bond acceptors (Lipinski definition) is 5. The Labute approximate surface area is 151 Å². The predicted octanol–water partition coefficient (Wildman–Crippen LogP) is 3.58. The quantitative estimate of drug-likeness (QED) is 0.554. The van der Waals surface area contributed by atoms with E-state index in [-0.39, 0.29) is 6.61 Å². The molecular formula is C18H21ClN2O4. The zero-order chi connectivity index (χ0) is 18.6. The number of imidazole rings is 1. The summed E-state index contributed by atoms with van der Waals surface area (Å²) in [6.07, 6.45) is 3.56. The van der Waals surface area contributed by atoms with E-state index in [1.54, 1.807) is 31.3 Å². The number of carbonyl (C=O) groups is 2. The standard InChI is InChI=1S/C18H21ClN2O4/c1-5-24-17(23)18(3,4)15(22)16(21-9-8-20-11-21)25-14-7-6-13(19)10-12(14)2/h6-11,16H,5H2,1-4H3. The zero-order valence-corrected chi connectivity index (χ0v) is 15.4. The van der Waals surface area contributed by atoms with Crippen LogP contribution in [0.5, 0.6) is 5.75 Å². The minimum atomic E-state index is -1.37. The van der Waals surface area contributed by atoms with Crippen molar-refractivity contribution < 1.29 is 19.1 Å². The lowest BCUT2D eigenvalue weighted by atomic mass is 9.87. The largest absolute Gasteiger partial charge is 0.465 e. The smallest absolute Gasteiger partial charge is 0.319 e. The van der Waals surface area contributed by atoms with Crippen molar-refractivity contribution in [3.05, 3.63) is 47.5 Å². The fourth-order valence-corrected chi connectivity index (χ4v) is 2.47. The SMILES string of the molecule is CCOC(=O)C(C)(C)C(=O)C(Oc1ccc(Cl)cc1C)n1ccnc1. The Morgan fingerprint density at radius 3 is 2.64 bits per heavy atom. The predicted molar refractivity (Wildman–Crippen MR) is 93.5 cm³/mol. The van der Waals surface area contributed by atoms with Gasteiger partial charge in [0.2, 0.25) is 12.0 Å². The number of esters is 1. The lowest BCUT2D eigenvalue weighted by Crippen LogP contribution is -2.41. The van der Waals surface area contributed by atoms with E-state index in [0.717, 1.165) is 5.56 Å². The van der Waals surface area contributed by atoms with E-state index in [2.05, 4.69) is 4.98 Å². The van der Waals surface area contributed by atoms with Crippen molar-refractivity contribution in [2.45, 2.75) is 33.9 Å². The van der Waals surface area contributed by atoms with Crippen LogP contribution in [0.15, 0.2) is 36.9 Å². The van der Waals surface area contributed by atoms with E-state index in [1.165, 1.54) is 30.9 Å². The maximum atomic E-state index is 13.1. The van der Waals surface area contributed by atoms with Crippen LogP contribution < -0.4 is 4.74 Å². The van der Waals surface area contributed by atoms with Crippen molar-refractivity contribution in [3.8, 4) is 5.75 Å². The average molecular weight is 365 g/mol. The number of aryl methyl sites for hydroxylation is 1. The zero-order valence-electron chi connectivity index (χ0n) is 14.7. The van der Waals surface area contributed by atoms with Gasteiger partial charge in [-0.25, -0.2) is 4.98 Å². The Balaban J connectivity index is 2.37. The van der Waals surface area contributed by atoms with E-state index < -0.39 is 23.4 Å². The molecule has 0 saturated heterocycles. The van der Waals surface area contributed by atoms with Gasteiger partial charge >= 0.3 is 5.97 Å². The summed E-state index contributed by atoms with van der Waals surface area (Å²) in [6, 6.07) is 5.10. The second-order valence-corrected chi connectivity index (χ2v) is 6.54. The molecule has 1 aromatic carbocycles. The number of nitrogens with zero attached hydrogens (tertiary/aromatic N) is 2. The van der Waals surface area contributed by atoms with E-state index in [0.29, 0.717) is 10.8 Å². The molecule has 0 radical (unpaired) electrons. The molecule has 0 amide bonds. The van der Waals surface area contributed by atoms with Crippen molar-refractivity contribution in [1.29, 1.82) is 0 Å². The average Bonchev–Trinajstić information content (AvgIpc) is 3.08. The van der Waals surface area contributed by atoms with E-state index in [9.17, 15) is 9.59 Å². The Hall–Kier alpha value is -2.34. The van der Waals surface area contributed by atoms with Gasteiger partial charge in [0.05, 0.1) is 12.9 Å². The fraction of sp³-hybridized carbons (Fsp3) is 0.389. The number of carbonyl (C=O) groups excluding carboxylic acids is 2. The highest BCUT2D eigenvalue weighted by molar-refractivity contribution is 6.30. The van der Waals surface area contributed by atoms with Crippen LogP contribution in [0.1, 0.15) is 32.6 Å². The van der Waals surface area contributed by atoms with Gasteiger partial charge in [0, 0.05) is 17.4 Å². The van der Waals surface area contributed by atoms with Gasteiger partial charge in [0.15, 0.2) is 0 Å². The second kappa shape index (κ2) is 7.70. The highest BCUT2D eigenvalue weighted by Crippen LogP contribution is 2.30. The first-order valence-corrected chi connectivity index (χ1v) is 8.27. The minimum absolute atomic E-state index is 0.197. The molecule has 0 aliphatic carbocycles. The summed E-state index contributed by atoms with van der Waals surface area (Å²) >= 11 is 5.97. The highest BCUT2D eigenvalue weighted by atomic mass is 35.5. The molecule has 25 heavy (non-hydrogen) atoms. The molecule has 0 N–H and O–H groups in total. The normalized spacial score (nSPS) is 12.5. The molecule has 0 aliphatic rings. The third-order valence-corrected chi connectivity index (χ3v) is 4.03. The number of aromatic nitrogens is 2. The number of halogens is 1. The van der Waals surface area contributed by atoms with Crippen molar-refractivity contribution >= 4 is 23.4 Å². The van der Waals surface area contributed by atoms with E-state index in [1.807, 2.05) is 6.92 Å². The molecule has 2 rings (SSSR count). The second-order valence-electron chi connectivity index (χ2n) is 6.10. The molecule has 6 nitrogen and oxygen atoms in total. The molecule has 0 spiro atoms. The van der Waals surface area contributed by atoms with Gasteiger partial charge in [0.1, 0.15) is 11.2 Å². The molecule has 1 heterocycles. The van der Waals surface area contributed by atoms with Crippen LogP contribution >= 0.6 is 11.6 Å². The number of Topliss-reactive ketones (excluding diaryl/α,β-unsaturated/α-hetero) is 1. The maximum Gasteiger partial charge on any atom is 0.319 e. The number of benzene rings is 1. The Morgan fingerprint density at radius 2 is 2.08 bits per heavy atom. The monoisotopic (exact) mass is 364 g/mol. The number of ether oxygens (including phenoxy) is 2. The van der Waals surface area contributed by atoms with Crippen LogP contribution in [0.4, 0.5) is 0 Å². The Kier molecular flexibility index (Phi) is 5.85. The summed E-state index contributed by atoms with van der Waals surface area (Å²) in [5, 5.41) is 0.571. The summed E-state index contributed by atoms with van der Waals surface area (Å²) in [4.78, 5) is 29.2. The summed E-state index contributed by atoms with van der Waals surface area (Å²) < 4.78 is 12.5. The topological polar surface area (TPSA) is 70.4 Å². The van der Waals surface area contributed by atoms with Crippen LogP contribution in [-0.4, -0.2) is 27.9 Å². The third kappa shape index (κ3) is 4.20. The van der Waals surface area contributed by atoms with Crippen LogP contribution in [0, 0.1) is 12.3 Å². The lowest BCUT2D eigenvalue weighted by Gasteiger charge is -2.27. The molecule has 7 heteroatoms. The molecule has 1 atom stereocenters. The summed E-state index contributed by atoms with van der Waals surface area (Å²) in [5.74, 6) is -0.532. The van der Waals surface area contributed by atoms with Crippen molar-refractivity contribution in [2.24, 2.45) is 5.41 Å². The minimum Gasteiger partial charge on any atom is -0.465 e. The maximum absolute atomic E-state index is 13.1. The molecule has 2 aromatic rings. The first-order valence-electron chi connectivity index (χ1n) is 7.89. The van der Waals surface area contributed by atoms with Gasteiger partial charge in [0.25, 0.3) is 0 Å². The van der Waals surface area contributed by atoms with Crippen molar-refractivity contribution in [3.63, 3.8) is 0 Å². The first-order chi connectivity index (χ1) is 11.8. The fourth-order valence-electron chi connectivity index (χ4n) is 2.24. The van der Waals surface area contributed by atoms with Crippen LogP contribution in [-0.2, 0) is 14.3 Å². The Bertz CT molecular complexity index is 756. The number of ketones is 1. The van der Waals surface area contributed by atoms with Crippen molar-refractivity contribution in [1.82, 2.24) is 9.55 Å². The first kappa shape index (κ1) is 19.0. The highest BCUT2D eigenvalue weighted by Gasteiger charge is 2.43. The molecule has 0 bridgehead atoms. The summed E-state index contributed by atoms with van der Waals surface area (Å²) in [6.45, 7) is 6.76. The molecule has 0 aliphatic heterocycles. The van der Waals surface area contributed by atoms with Gasteiger partial charge in [-0.15, -0.1) is 0 Å². The lowest BCUT2D eigenvalue weighted by molar-refractivity contribution is -0.161. The molecular weight excluding hydrogens is 344 g/mol. The van der Waals surface area contributed by atoms with Gasteiger partial charge in [-0.1, -0.05) is 11.6 Å². The van der Waals surface area contributed by atoms with Crippen LogP contribution in [0.2, 0.25) is 5.02 Å². The third-order valence-electron chi connectivity index (χ3n) is 3.80. The molecule has 1 aromatic heterocycles. The molecule has 1 unspecified atom stereocenters. The molecule has 0 fully saturated rings. The summed E-state index contributed by atoms with van der Waals surface area (Å²) in [5.41, 5.74) is -0.593. The van der Waals surface area contributed by atoms with Gasteiger partial charge in [-0.2, -0.15) is 0 Å². The van der Waals surface area contributed by atoms with E-state index in [4.69, 9.17) is 21.1 Å². The number of hydrogen-bond donors (Lipinski definition) is 0. The van der Waals surface area contributed by atoms with E-state index >= 15 is 0 Å². The van der Waals surface area contributed by atoms with Crippen LogP contribution in [0.3, 0.4) is 0 Å². The van der Waals surface area contributed by atoms with Crippen molar-refractivity contribution in [2.75, 3.05) is 6.61 Å². The Morgan fingerprint density at radius 1 is 1.36 bits per heavy atom. The molecule has 0 saturated carbocycles. The van der Waals surface area contributed by atoms with Gasteiger partial charge < -0.3 is 9.47 Å². The van der Waals surface area contributed by atoms with Gasteiger partial charge in [-0.3, -0.25) is 14.2 Å².